The predicted octanol–water partition coefficient (Wildman–Crippen LogP) is 3.76. The summed E-state index contributed by atoms with van der Waals surface area (Å²) in [5, 5.41) is 7.45. The zero-order valence-electron chi connectivity index (χ0n) is 8.02. The van der Waals surface area contributed by atoms with Crippen LogP contribution in [0.3, 0.4) is 0 Å². The average Bonchev–Trinajstić information content (AvgIpc) is 2.18. The quantitative estimate of drug-likeness (QED) is 0.767. The molecule has 8 heteroatoms. The maximum atomic E-state index is 12.5. The average molecular weight is 271 g/mol. The normalized spacial score (nSPS) is 11.6. The fourth-order valence-corrected chi connectivity index (χ4v) is 1.50. The first-order valence-electron chi connectivity index (χ1n) is 4.18. The fourth-order valence-electron chi connectivity index (χ4n) is 1.19. The number of pyridine rings is 1. The Kier molecular flexibility index (Phi) is 3.88. The van der Waals surface area contributed by atoms with Gasteiger partial charge >= 0.3 is 6.18 Å². The smallest absolute Gasteiger partial charge is 0.254 e. The summed E-state index contributed by atoms with van der Waals surface area (Å²) in [4.78, 5) is 3.02. The molecule has 0 aliphatic rings. The molecule has 0 aliphatic heterocycles. The van der Waals surface area contributed by atoms with E-state index < -0.39 is 35.3 Å². The molecule has 2 nitrogen and oxygen atoms in total. The Bertz CT molecular complexity index is 464. The highest BCUT2D eigenvalue weighted by Crippen LogP contribution is 2.41. The number of hydrogen-bond acceptors (Lipinski definition) is 2. The summed E-state index contributed by atoms with van der Waals surface area (Å²) in [6.45, 7) is 0. The summed E-state index contributed by atoms with van der Waals surface area (Å²) in [6, 6.07) is 1.57. The van der Waals surface area contributed by atoms with Crippen LogP contribution in [-0.4, -0.2) is 4.98 Å². The van der Waals surface area contributed by atoms with Gasteiger partial charge in [0.2, 0.25) is 0 Å². The first kappa shape index (κ1) is 13.6. The van der Waals surface area contributed by atoms with E-state index in [9.17, 15) is 22.0 Å². The lowest BCUT2D eigenvalue weighted by molar-refractivity contribution is -0.139. The molecule has 1 rings (SSSR count). The van der Waals surface area contributed by atoms with E-state index >= 15 is 0 Å². The van der Waals surface area contributed by atoms with E-state index in [1.54, 1.807) is 6.07 Å². The molecule has 0 saturated heterocycles. The van der Waals surface area contributed by atoms with Crippen molar-refractivity contribution in [1.29, 1.82) is 5.26 Å². The van der Waals surface area contributed by atoms with Crippen molar-refractivity contribution >= 4 is 11.6 Å². The van der Waals surface area contributed by atoms with Gasteiger partial charge in [-0.25, -0.2) is 8.78 Å². The van der Waals surface area contributed by atoms with Crippen molar-refractivity contribution in [2.75, 3.05) is 0 Å². The van der Waals surface area contributed by atoms with Gasteiger partial charge in [0.15, 0.2) is 0 Å². The number of hydrogen-bond donors (Lipinski definition) is 0. The molecule has 1 aromatic rings. The van der Waals surface area contributed by atoms with Crippen LogP contribution in [0, 0.1) is 11.3 Å². The highest BCUT2D eigenvalue weighted by atomic mass is 35.5. The van der Waals surface area contributed by atoms with Crippen LogP contribution in [-0.2, 0) is 12.6 Å². The first-order valence-corrected chi connectivity index (χ1v) is 4.56. The third-order valence-electron chi connectivity index (χ3n) is 1.88. The van der Waals surface area contributed by atoms with Gasteiger partial charge in [0.05, 0.1) is 17.5 Å². The van der Waals surface area contributed by atoms with Crippen LogP contribution in [0.2, 0.25) is 5.02 Å². The molecular formula is C9H4ClF5N2. The minimum atomic E-state index is -5.04. The molecule has 1 aromatic heterocycles. The van der Waals surface area contributed by atoms with Gasteiger partial charge in [-0.05, 0) is 0 Å². The van der Waals surface area contributed by atoms with E-state index in [0.29, 0.717) is 0 Å². The Hall–Kier alpha value is -1.42. The van der Waals surface area contributed by atoms with Gasteiger partial charge in [0, 0.05) is 11.8 Å². The third-order valence-corrected chi connectivity index (χ3v) is 2.31. The molecule has 0 N–H and O–H groups in total. The van der Waals surface area contributed by atoms with E-state index in [-0.39, 0.29) is 5.56 Å². The molecule has 1 heterocycles. The van der Waals surface area contributed by atoms with Crippen molar-refractivity contribution in [2.24, 2.45) is 0 Å². The number of aromatic nitrogens is 1. The number of alkyl halides is 5. The molecule has 0 saturated carbocycles. The van der Waals surface area contributed by atoms with Gasteiger partial charge in [-0.2, -0.15) is 18.4 Å². The summed E-state index contributed by atoms with van der Waals surface area (Å²) in [6.07, 6.45) is -8.11. The minimum absolute atomic E-state index is 0.231. The van der Waals surface area contributed by atoms with Crippen LogP contribution in [0.5, 0.6) is 0 Å². The first-order chi connectivity index (χ1) is 7.79. The SMILES string of the molecule is N#CCc1cnc(C(F)F)c(C(F)(F)F)c1Cl. The van der Waals surface area contributed by atoms with E-state index in [1.807, 2.05) is 0 Å². The molecule has 0 unspecified atom stereocenters. The van der Waals surface area contributed by atoms with Crippen LogP contribution < -0.4 is 0 Å². The second-order valence-corrected chi connectivity index (χ2v) is 3.37. The minimum Gasteiger partial charge on any atom is -0.254 e. The van der Waals surface area contributed by atoms with Crippen LogP contribution >= 0.6 is 11.6 Å². The second-order valence-electron chi connectivity index (χ2n) is 2.99. The zero-order valence-corrected chi connectivity index (χ0v) is 8.78. The maximum Gasteiger partial charge on any atom is 0.419 e. The van der Waals surface area contributed by atoms with E-state index in [0.717, 1.165) is 6.20 Å². The van der Waals surface area contributed by atoms with E-state index in [1.165, 1.54) is 0 Å². The number of nitrogens with zero attached hydrogens (tertiary/aromatic N) is 2. The van der Waals surface area contributed by atoms with Gasteiger partial charge in [-0.3, -0.25) is 4.98 Å². The standard InChI is InChI=1S/C9H4ClF5N2/c10-6-4(1-2-16)3-17-7(8(11)12)5(6)9(13,14)15/h3,8H,1H2. The Morgan fingerprint density at radius 2 is 2.00 bits per heavy atom. The Morgan fingerprint density at radius 3 is 2.41 bits per heavy atom. The Balaban J connectivity index is 3.49. The molecule has 0 aliphatic carbocycles. The monoisotopic (exact) mass is 270 g/mol. The molecular weight excluding hydrogens is 267 g/mol. The Labute approximate surface area is 97.6 Å². The molecule has 0 atom stereocenters. The predicted molar refractivity (Wildman–Crippen MR) is 48.5 cm³/mol. The zero-order chi connectivity index (χ0) is 13.2. The van der Waals surface area contributed by atoms with Crippen molar-refractivity contribution in [2.45, 2.75) is 19.0 Å². The van der Waals surface area contributed by atoms with Gasteiger partial charge in [0.25, 0.3) is 6.43 Å². The molecule has 0 fully saturated rings. The summed E-state index contributed by atoms with van der Waals surface area (Å²) >= 11 is 5.38. The van der Waals surface area contributed by atoms with Crippen LogP contribution in [0.15, 0.2) is 6.20 Å². The Morgan fingerprint density at radius 1 is 1.41 bits per heavy atom. The molecule has 0 radical (unpaired) electrons. The molecule has 17 heavy (non-hydrogen) atoms. The number of nitriles is 1. The molecule has 0 aromatic carbocycles. The molecule has 0 spiro atoms. The molecule has 92 valence electrons. The van der Waals surface area contributed by atoms with Crippen LogP contribution in [0.1, 0.15) is 23.2 Å². The third kappa shape index (κ3) is 2.82. The lowest BCUT2D eigenvalue weighted by Gasteiger charge is -2.14. The van der Waals surface area contributed by atoms with E-state index in [4.69, 9.17) is 16.9 Å². The summed E-state index contributed by atoms with van der Waals surface area (Å²) in [7, 11) is 0. The van der Waals surface area contributed by atoms with Crippen molar-refractivity contribution in [3.05, 3.63) is 28.0 Å². The lowest BCUT2D eigenvalue weighted by atomic mass is 10.1. The highest BCUT2D eigenvalue weighted by Gasteiger charge is 2.40. The fraction of sp³-hybridized carbons (Fsp3) is 0.333. The van der Waals surface area contributed by atoms with Crippen LogP contribution in [0.25, 0.3) is 0 Å². The second kappa shape index (κ2) is 4.84. The van der Waals surface area contributed by atoms with Crippen molar-refractivity contribution in [3.8, 4) is 6.07 Å². The van der Waals surface area contributed by atoms with Gasteiger partial charge in [-0.1, -0.05) is 11.6 Å². The lowest BCUT2D eigenvalue weighted by Crippen LogP contribution is -2.13. The highest BCUT2D eigenvalue weighted by molar-refractivity contribution is 6.32. The molecule has 0 bridgehead atoms. The maximum absolute atomic E-state index is 12.5. The summed E-state index contributed by atoms with van der Waals surface area (Å²) in [5.74, 6) is 0. The number of rotatable bonds is 2. The van der Waals surface area contributed by atoms with Crippen molar-refractivity contribution in [3.63, 3.8) is 0 Å². The van der Waals surface area contributed by atoms with Crippen LogP contribution in [0.4, 0.5) is 22.0 Å². The number of halogens is 6. The van der Waals surface area contributed by atoms with Crippen molar-refractivity contribution in [1.82, 2.24) is 4.98 Å². The molecule has 0 amide bonds. The van der Waals surface area contributed by atoms with Gasteiger partial charge in [-0.15, -0.1) is 0 Å². The van der Waals surface area contributed by atoms with Crippen molar-refractivity contribution < 1.29 is 22.0 Å². The van der Waals surface area contributed by atoms with E-state index in [2.05, 4.69) is 4.98 Å². The summed E-state index contributed by atoms with van der Waals surface area (Å²) < 4.78 is 62.4. The topological polar surface area (TPSA) is 36.7 Å². The largest absolute Gasteiger partial charge is 0.419 e. The van der Waals surface area contributed by atoms with Gasteiger partial charge < -0.3 is 0 Å². The summed E-state index contributed by atoms with van der Waals surface area (Å²) in [5.41, 5.74) is -3.34. The van der Waals surface area contributed by atoms with Gasteiger partial charge in [0.1, 0.15) is 11.3 Å².